The van der Waals surface area contributed by atoms with E-state index in [1.807, 2.05) is 24.3 Å². The highest BCUT2D eigenvalue weighted by molar-refractivity contribution is 6.31. The number of carbonyl (C=O) groups is 2. The molecule has 3 rings (SSSR count). The van der Waals surface area contributed by atoms with Gasteiger partial charge in [0.15, 0.2) is 0 Å². The van der Waals surface area contributed by atoms with E-state index in [0.717, 1.165) is 10.9 Å². The molecular formula is C20H17ClN2O3. The van der Waals surface area contributed by atoms with Crippen LogP contribution in [0.3, 0.4) is 0 Å². The van der Waals surface area contributed by atoms with Gasteiger partial charge in [-0.3, -0.25) is 9.78 Å². The molecule has 0 spiro atoms. The number of fused-ring (bicyclic) bond motifs is 1. The van der Waals surface area contributed by atoms with Crippen LogP contribution in [0.4, 0.5) is 0 Å². The number of para-hydroxylation sites is 1. The maximum absolute atomic E-state index is 12.8. The summed E-state index contributed by atoms with van der Waals surface area (Å²) in [4.78, 5) is 29.2. The van der Waals surface area contributed by atoms with Crippen molar-refractivity contribution in [3.8, 4) is 0 Å². The van der Waals surface area contributed by atoms with Crippen LogP contribution in [0.15, 0.2) is 60.8 Å². The fourth-order valence-electron chi connectivity index (χ4n) is 2.74. The van der Waals surface area contributed by atoms with Gasteiger partial charge in [0, 0.05) is 23.0 Å². The van der Waals surface area contributed by atoms with Gasteiger partial charge in [0.1, 0.15) is 6.04 Å². The molecule has 1 amide bonds. The predicted molar refractivity (Wildman–Crippen MR) is 100 cm³/mol. The van der Waals surface area contributed by atoms with Crippen LogP contribution in [-0.4, -0.2) is 30.0 Å². The molecule has 1 heterocycles. The molecule has 1 atom stereocenters. The summed E-state index contributed by atoms with van der Waals surface area (Å²) in [6, 6.07) is 15.3. The summed E-state index contributed by atoms with van der Waals surface area (Å²) in [6.45, 7) is 0. The van der Waals surface area contributed by atoms with Gasteiger partial charge in [0.2, 0.25) is 0 Å². The number of nitrogens with one attached hydrogen (secondary N) is 1. The van der Waals surface area contributed by atoms with Crippen LogP contribution in [0, 0.1) is 0 Å². The number of pyridine rings is 1. The first-order chi connectivity index (χ1) is 12.6. The van der Waals surface area contributed by atoms with Gasteiger partial charge in [-0.1, -0.05) is 48.0 Å². The maximum atomic E-state index is 12.8. The Morgan fingerprint density at radius 3 is 2.65 bits per heavy atom. The highest BCUT2D eigenvalue weighted by atomic mass is 35.5. The van der Waals surface area contributed by atoms with Crippen molar-refractivity contribution in [3.63, 3.8) is 0 Å². The van der Waals surface area contributed by atoms with Crippen molar-refractivity contribution in [1.29, 1.82) is 0 Å². The fraction of sp³-hybridized carbons (Fsp3) is 0.150. The largest absolute Gasteiger partial charge is 0.467 e. The molecule has 0 saturated carbocycles. The lowest BCUT2D eigenvalue weighted by atomic mass is 10.0. The van der Waals surface area contributed by atoms with E-state index >= 15 is 0 Å². The number of aromatic nitrogens is 1. The number of carbonyl (C=O) groups excluding carboxylic acids is 2. The van der Waals surface area contributed by atoms with Crippen molar-refractivity contribution in [2.75, 3.05) is 7.11 Å². The smallest absolute Gasteiger partial charge is 0.328 e. The Labute approximate surface area is 156 Å². The van der Waals surface area contributed by atoms with Crippen LogP contribution in [0.2, 0.25) is 5.02 Å². The molecule has 0 radical (unpaired) electrons. The number of methoxy groups -OCH3 is 1. The first-order valence-corrected chi connectivity index (χ1v) is 8.44. The van der Waals surface area contributed by atoms with Crippen molar-refractivity contribution in [2.45, 2.75) is 12.5 Å². The van der Waals surface area contributed by atoms with Gasteiger partial charge in [-0.15, -0.1) is 0 Å². The number of hydrogen-bond acceptors (Lipinski definition) is 4. The fourth-order valence-corrected chi connectivity index (χ4v) is 2.96. The van der Waals surface area contributed by atoms with Gasteiger partial charge >= 0.3 is 5.97 Å². The first kappa shape index (κ1) is 17.9. The standard InChI is InChI=1S/C20H17ClN2O3/c1-26-20(25)17(12-14-6-2-3-10-16(14)21)23-19(24)15-9-4-7-13-8-5-11-22-18(13)15/h2-11,17H,12H2,1H3,(H,23,24)/t17-/m1/s1. The summed E-state index contributed by atoms with van der Waals surface area (Å²) in [7, 11) is 1.29. The zero-order valence-electron chi connectivity index (χ0n) is 14.1. The minimum atomic E-state index is -0.855. The van der Waals surface area contributed by atoms with E-state index in [2.05, 4.69) is 10.3 Å². The van der Waals surface area contributed by atoms with Gasteiger partial charge in [-0.05, 0) is 23.8 Å². The summed E-state index contributed by atoms with van der Waals surface area (Å²) in [5.74, 6) is -0.928. The zero-order valence-corrected chi connectivity index (χ0v) is 14.9. The van der Waals surface area contributed by atoms with Crippen molar-refractivity contribution in [3.05, 3.63) is 76.9 Å². The lowest BCUT2D eigenvalue weighted by Gasteiger charge is -2.17. The minimum absolute atomic E-state index is 0.232. The van der Waals surface area contributed by atoms with E-state index in [-0.39, 0.29) is 6.42 Å². The highest BCUT2D eigenvalue weighted by Crippen LogP contribution is 2.19. The molecule has 0 aliphatic rings. The number of nitrogens with zero attached hydrogens (tertiary/aromatic N) is 1. The monoisotopic (exact) mass is 368 g/mol. The third-order valence-electron chi connectivity index (χ3n) is 4.05. The number of halogens is 1. The van der Waals surface area contributed by atoms with E-state index in [1.165, 1.54) is 7.11 Å². The topological polar surface area (TPSA) is 68.3 Å². The second-order valence-corrected chi connectivity index (χ2v) is 6.13. The van der Waals surface area contributed by atoms with Crippen LogP contribution >= 0.6 is 11.6 Å². The number of benzene rings is 2. The van der Waals surface area contributed by atoms with E-state index < -0.39 is 17.9 Å². The third kappa shape index (κ3) is 3.83. The summed E-state index contributed by atoms with van der Waals surface area (Å²) in [6.07, 6.45) is 1.86. The molecule has 0 aliphatic carbocycles. The van der Waals surface area contributed by atoms with E-state index in [4.69, 9.17) is 16.3 Å². The molecule has 26 heavy (non-hydrogen) atoms. The van der Waals surface area contributed by atoms with Crippen LogP contribution in [-0.2, 0) is 16.0 Å². The van der Waals surface area contributed by atoms with Crippen molar-refractivity contribution in [1.82, 2.24) is 10.3 Å². The van der Waals surface area contributed by atoms with E-state index in [9.17, 15) is 9.59 Å². The molecule has 1 N–H and O–H groups in total. The van der Waals surface area contributed by atoms with Crippen LogP contribution in [0.5, 0.6) is 0 Å². The second kappa shape index (κ2) is 7.97. The van der Waals surface area contributed by atoms with Gasteiger partial charge in [0.25, 0.3) is 5.91 Å². The van der Waals surface area contributed by atoms with Gasteiger partial charge in [-0.2, -0.15) is 0 Å². The minimum Gasteiger partial charge on any atom is -0.467 e. The quantitative estimate of drug-likeness (QED) is 0.701. The zero-order chi connectivity index (χ0) is 18.5. The SMILES string of the molecule is COC(=O)[C@@H](Cc1ccccc1Cl)NC(=O)c1cccc2cccnc12. The molecule has 0 aliphatic heterocycles. The Morgan fingerprint density at radius 1 is 1.12 bits per heavy atom. The molecule has 0 saturated heterocycles. The van der Waals surface area contributed by atoms with Crippen LogP contribution < -0.4 is 5.32 Å². The Morgan fingerprint density at radius 2 is 1.88 bits per heavy atom. The average Bonchev–Trinajstić information content (AvgIpc) is 2.67. The van der Waals surface area contributed by atoms with Gasteiger partial charge in [-0.25, -0.2) is 4.79 Å². The lowest BCUT2D eigenvalue weighted by Crippen LogP contribution is -2.43. The van der Waals surface area contributed by atoms with Crippen molar-refractivity contribution < 1.29 is 14.3 Å². The number of amides is 1. The lowest BCUT2D eigenvalue weighted by molar-refractivity contribution is -0.142. The Balaban J connectivity index is 1.88. The average molecular weight is 369 g/mol. The highest BCUT2D eigenvalue weighted by Gasteiger charge is 2.24. The summed E-state index contributed by atoms with van der Waals surface area (Å²) in [5, 5.41) is 4.12. The van der Waals surface area contributed by atoms with E-state index in [0.29, 0.717) is 16.1 Å². The predicted octanol–water partition coefficient (Wildman–Crippen LogP) is 3.40. The summed E-state index contributed by atoms with van der Waals surface area (Å²) in [5.41, 5.74) is 1.73. The van der Waals surface area contributed by atoms with Crippen molar-refractivity contribution in [2.24, 2.45) is 0 Å². The molecule has 0 unspecified atom stereocenters. The Kier molecular flexibility index (Phi) is 5.49. The Hall–Kier alpha value is -2.92. The Bertz CT molecular complexity index is 953. The number of esters is 1. The molecule has 0 fully saturated rings. The maximum Gasteiger partial charge on any atom is 0.328 e. The van der Waals surface area contributed by atoms with Gasteiger partial charge < -0.3 is 10.1 Å². The molecule has 0 bridgehead atoms. The molecular weight excluding hydrogens is 352 g/mol. The number of ether oxygens (including phenoxy) is 1. The second-order valence-electron chi connectivity index (χ2n) is 5.73. The number of rotatable bonds is 5. The summed E-state index contributed by atoms with van der Waals surface area (Å²) >= 11 is 6.17. The van der Waals surface area contributed by atoms with Crippen LogP contribution in [0.1, 0.15) is 15.9 Å². The third-order valence-corrected chi connectivity index (χ3v) is 4.42. The van der Waals surface area contributed by atoms with E-state index in [1.54, 1.807) is 36.5 Å². The molecule has 1 aromatic heterocycles. The normalized spacial score (nSPS) is 11.8. The summed E-state index contributed by atoms with van der Waals surface area (Å²) < 4.78 is 4.84. The molecule has 132 valence electrons. The molecule has 6 heteroatoms. The molecule has 2 aromatic carbocycles. The van der Waals surface area contributed by atoms with Crippen molar-refractivity contribution >= 4 is 34.4 Å². The van der Waals surface area contributed by atoms with Gasteiger partial charge in [0.05, 0.1) is 18.2 Å². The first-order valence-electron chi connectivity index (χ1n) is 8.06. The van der Waals surface area contributed by atoms with Crippen LogP contribution in [0.25, 0.3) is 10.9 Å². The molecule has 5 nitrogen and oxygen atoms in total. The number of hydrogen-bond donors (Lipinski definition) is 1. The molecule has 3 aromatic rings.